The van der Waals surface area contributed by atoms with Gasteiger partial charge in [-0.15, -0.1) is 0 Å². The fourth-order valence-electron chi connectivity index (χ4n) is 2.73. The third-order valence-corrected chi connectivity index (χ3v) is 4.78. The first-order valence-corrected chi connectivity index (χ1v) is 9.14. The highest BCUT2D eigenvalue weighted by Gasteiger charge is 2.14. The van der Waals surface area contributed by atoms with Crippen molar-refractivity contribution in [2.75, 3.05) is 10.6 Å². The van der Waals surface area contributed by atoms with Crippen molar-refractivity contribution in [1.82, 2.24) is 4.98 Å². The molecule has 0 aliphatic rings. The molecule has 0 fully saturated rings. The first-order chi connectivity index (χ1) is 13.3. The first-order valence-electron chi connectivity index (χ1n) is 8.76. The Labute approximate surface area is 168 Å². The van der Waals surface area contributed by atoms with Gasteiger partial charge in [0.15, 0.2) is 0 Å². The monoisotopic (exact) mass is 393 g/mol. The summed E-state index contributed by atoms with van der Waals surface area (Å²) in [6, 6.07) is 13.9. The van der Waals surface area contributed by atoms with Crippen molar-refractivity contribution >= 4 is 34.8 Å². The van der Waals surface area contributed by atoms with Crippen LogP contribution in [0.4, 0.5) is 11.4 Å². The van der Waals surface area contributed by atoms with Crippen LogP contribution in [0.15, 0.2) is 54.7 Å². The zero-order chi connectivity index (χ0) is 20.3. The number of aryl methyl sites for hydroxylation is 2. The van der Waals surface area contributed by atoms with Crippen LogP contribution in [0.25, 0.3) is 0 Å². The standard InChI is InChI=1S/C22H20ClN3O2/c1-13-5-4-6-19(15(13)3)26-22(28)20-12-16(9-10-24-20)21(27)25-18-8-7-17(23)11-14(18)2/h4-12H,1-3H3,(H,25,27)(H,26,28). The van der Waals surface area contributed by atoms with Crippen LogP contribution in [0.1, 0.15) is 37.5 Å². The molecular weight excluding hydrogens is 374 g/mol. The Morgan fingerprint density at radius 2 is 1.61 bits per heavy atom. The van der Waals surface area contributed by atoms with Crippen LogP contribution in [0.2, 0.25) is 5.02 Å². The Balaban J connectivity index is 1.78. The molecule has 0 aliphatic heterocycles. The molecule has 3 rings (SSSR count). The molecule has 0 saturated carbocycles. The van der Waals surface area contributed by atoms with E-state index in [4.69, 9.17) is 11.6 Å². The average molecular weight is 394 g/mol. The van der Waals surface area contributed by atoms with E-state index < -0.39 is 0 Å². The molecule has 2 N–H and O–H groups in total. The van der Waals surface area contributed by atoms with E-state index in [9.17, 15) is 9.59 Å². The minimum Gasteiger partial charge on any atom is -0.322 e. The van der Waals surface area contributed by atoms with Gasteiger partial charge in [-0.2, -0.15) is 0 Å². The molecule has 0 radical (unpaired) electrons. The summed E-state index contributed by atoms with van der Waals surface area (Å²) in [4.78, 5) is 29.3. The zero-order valence-corrected chi connectivity index (χ0v) is 16.6. The summed E-state index contributed by atoms with van der Waals surface area (Å²) < 4.78 is 0. The van der Waals surface area contributed by atoms with Crippen LogP contribution >= 0.6 is 11.6 Å². The third-order valence-electron chi connectivity index (χ3n) is 4.54. The quantitative estimate of drug-likeness (QED) is 0.642. The van der Waals surface area contributed by atoms with Gasteiger partial charge in [-0.1, -0.05) is 23.7 Å². The van der Waals surface area contributed by atoms with E-state index in [1.807, 2.05) is 39.0 Å². The minimum absolute atomic E-state index is 0.168. The summed E-state index contributed by atoms with van der Waals surface area (Å²) in [7, 11) is 0. The lowest BCUT2D eigenvalue weighted by Gasteiger charge is -2.11. The van der Waals surface area contributed by atoms with Gasteiger partial charge in [0.1, 0.15) is 5.69 Å². The fourth-order valence-corrected chi connectivity index (χ4v) is 2.96. The molecular formula is C22H20ClN3O2. The van der Waals surface area contributed by atoms with Crippen LogP contribution in [0, 0.1) is 20.8 Å². The van der Waals surface area contributed by atoms with Crippen molar-refractivity contribution in [1.29, 1.82) is 0 Å². The van der Waals surface area contributed by atoms with Gasteiger partial charge in [-0.25, -0.2) is 0 Å². The summed E-state index contributed by atoms with van der Waals surface area (Å²) in [5.41, 5.74) is 4.81. The second-order valence-electron chi connectivity index (χ2n) is 6.54. The Bertz CT molecular complexity index is 1060. The first kappa shape index (κ1) is 19.6. The lowest BCUT2D eigenvalue weighted by molar-refractivity contribution is 0.102. The summed E-state index contributed by atoms with van der Waals surface area (Å²) in [5, 5.41) is 6.28. The fraction of sp³-hybridized carbons (Fsp3) is 0.136. The van der Waals surface area contributed by atoms with Gasteiger partial charge < -0.3 is 10.6 Å². The predicted octanol–water partition coefficient (Wildman–Crippen LogP) is 5.16. The maximum absolute atomic E-state index is 12.6. The summed E-state index contributed by atoms with van der Waals surface area (Å²) >= 11 is 5.95. The Hall–Kier alpha value is -3.18. The molecule has 5 nitrogen and oxygen atoms in total. The minimum atomic E-state index is -0.369. The molecule has 0 aliphatic carbocycles. The van der Waals surface area contributed by atoms with Crippen LogP contribution in [0.5, 0.6) is 0 Å². The van der Waals surface area contributed by atoms with Crippen molar-refractivity contribution in [2.24, 2.45) is 0 Å². The van der Waals surface area contributed by atoms with Crippen molar-refractivity contribution in [3.05, 3.63) is 87.7 Å². The van der Waals surface area contributed by atoms with Crippen LogP contribution in [-0.2, 0) is 0 Å². The number of nitrogens with zero attached hydrogens (tertiary/aromatic N) is 1. The molecule has 142 valence electrons. The van der Waals surface area contributed by atoms with Gasteiger partial charge in [-0.3, -0.25) is 14.6 Å². The van der Waals surface area contributed by atoms with Gasteiger partial charge in [0.05, 0.1) is 0 Å². The number of nitrogens with one attached hydrogen (secondary N) is 2. The molecule has 6 heteroatoms. The van der Waals surface area contributed by atoms with Crippen LogP contribution < -0.4 is 10.6 Å². The van der Waals surface area contributed by atoms with E-state index in [1.54, 1.807) is 24.3 Å². The second-order valence-corrected chi connectivity index (χ2v) is 6.98. The number of carbonyl (C=O) groups is 2. The van der Waals surface area contributed by atoms with E-state index >= 15 is 0 Å². The Morgan fingerprint density at radius 3 is 2.36 bits per heavy atom. The highest BCUT2D eigenvalue weighted by Crippen LogP contribution is 2.21. The van der Waals surface area contributed by atoms with Gasteiger partial charge >= 0.3 is 0 Å². The molecule has 3 aromatic rings. The molecule has 0 spiro atoms. The van der Waals surface area contributed by atoms with E-state index in [-0.39, 0.29) is 17.5 Å². The highest BCUT2D eigenvalue weighted by atomic mass is 35.5. The van der Waals surface area contributed by atoms with E-state index in [0.717, 1.165) is 22.4 Å². The number of carbonyl (C=O) groups excluding carboxylic acids is 2. The van der Waals surface area contributed by atoms with Crippen LogP contribution in [-0.4, -0.2) is 16.8 Å². The summed E-state index contributed by atoms with van der Waals surface area (Å²) in [6.45, 7) is 5.78. The van der Waals surface area contributed by atoms with Gasteiger partial charge in [0.25, 0.3) is 11.8 Å². The zero-order valence-electron chi connectivity index (χ0n) is 15.8. The number of benzene rings is 2. The number of hydrogen-bond donors (Lipinski definition) is 2. The van der Waals surface area contributed by atoms with Crippen molar-refractivity contribution in [2.45, 2.75) is 20.8 Å². The average Bonchev–Trinajstić information content (AvgIpc) is 2.67. The number of hydrogen-bond acceptors (Lipinski definition) is 3. The Kier molecular flexibility index (Phi) is 5.76. The maximum Gasteiger partial charge on any atom is 0.274 e. The number of aromatic nitrogens is 1. The molecule has 1 heterocycles. The molecule has 2 aromatic carbocycles. The van der Waals surface area contributed by atoms with Crippen molar-refractivity contribution < 1.29 is 9.59 Å². The molecule has 0 atom stereocenters. The van der Waals surface area contributed by atoms with Crippen molar-refractivity contribution in [3.63, 3.8) is 0 Å². The number of anilines is 2. The molecule has 0 saturated heterocycles. The number of amides is 2. The van der Waals surface area contributed by atoms with Crippen LogP contribution in [0.3, 0.4) is 0 Å². The number of rotatable bonds is 4. The molecule has 0 bridgehead atoms. The number of pyridine rings is 1. The normalized spacial score (nSPS) is 10.4. The largest absolute Gasteiger partial charge is 0.322 e. The lowest BCUT2D eigenvalue weighted by Crippen LogP contribution is -2.17. The molecule has 0 unspecified atom stereocenters. The smallest absolute Gasteiger partial charge is 0.274 e. The lowest BCUT2D eigenvalue weighted by atomic mass is 10.1. The third kappa shape index (κ3) is 4.38. The topological polar surface area (TPSA) is 71.1 Å². The maximum atomic E-state index is 12.6. The SMILES string of the molecule is Cc1cc(Cl)ccc1NC(=O)c1ccnc(C(=O)Nc2cccc(C)c2C)c1. The predicted molar refractivity (Wildman–Crippen MR) is 112 cm³/mol. The summed E-state index contributed by atoms with van der Waals surface area (Å²) in [6.07, 6.45) is 1.45. The Morgan fingerprint density at radius 1 is 0.857 bits per heavy atom. The number of halogens is 1. The van der Waals surface area contributed by atoms with Gasteiger partial charge in [-0.05, 0) is 73.9 Å². The van der Waals surface area contributed by atoms with E-state index in [1.165, 1.54) is 12.3 Å². The molecule has 2 amide bonds. The van der Waals surface area contributed by atoms with E-state index in [2.05, 4.69) is 15.6 Å². The molecule has 1 aromatic heterocycles. The molecule has 28 heavy (non-hydrogen) atoms. The van der Waals surface area contributed by atoms with E-state index in [0.29, 0.717) is 16.3 Å². The summed E-state index contributed by atoms with van der Waals surface area (Å²) in [5.74, 6) is -0.695. The second kappa shape index (κ2) is 8.23. The highest BCUT2D eigenvalue weighted by molar-refractivity contribution is 6.30. The van der Waals surface area contributed by atoms with Gasteiger partial charge in [0, 0.05) is 28.2 Å². The van der Waals surface area contributed by atoms with Gasteiger partial charge in [0.2, 0.25) is 0 Å². The van der Waals surface area contributed by atoms with Crippen molar-refractivity contribution in [3.8, 4) is 0 Å².